The van der Waals surface area contributed by atoms with Crippen LogP contribution in [0.4, 0.5) is 10.1 Å². The molecule has 0 radical (unpaired) electrons. The number of thioether (sulfide) groups is 1. The van der Waals surface area contributed by atoms with Gasteiger partial charge in [0.15, 0.2) is 11.0 Å². The third-order valence-electron chi connectivity index (χ3n) is 5.38. The number of halogens is 1. The molecule has 0 spiro atoms. The summed E-state index contributed by atoms with van der Waals surface area (Å²) in [5.74, 6) is 1.29. The van der Waals surface area contributed by atoms with Crippen molar-refractivity contribution < 1.29 is 13.9 Å². The molecule has 1 fully saturated rings. The first-order chi connectivity index (χ1) is 16.1. The summed E-state index contributed by atoms with van der Waals surface area (Å²) < 4.78 is 20.9. The van der Waals surface area contributed by atoms with Gasteiger partial charge in [0.05, 0.1) is 18.9 Å². The predicted molar refractivity (Wildman–Crippen MR) is 127 cm³/mol. The second-order valence-corrected chi connectivity index (χ2v) is 8.78. The highest BCUT2D eigenvalue weighted by Gasteiger charge is 2.19. The van der Waals surface area contributed by atoms with Gasteiger partial charge in [-0.15, -0.1) is 10.2 Å². The van der Waals surface area contributed by atoms with E-state index in [1.165, 1.54) is 43.2 Å². The highest BCUT2D eigenvalue weighted by Crippen LogP contribution is 2.24. The maximum atomic E-state index is 13.5. The summed E-state index contributed by atoms with van der Waals surface area (Å²) in [4.78, 5) is 14.9. The number of hydrogen-bond acceptors (Lipinski definition) is 6. The first-order valence-corrected chi connectivity index (χ1v) is 12.2. The van der Waals surface area contributed by atoms with Gasteiger partial charge in [-0.2, -0.15) is 0 Å². The number of ether oxygens (including phenoxy) is 1. The van der Waals surface area contributed by atoms with Gasteiger partial charge in [-0.05, 0) is 81.4 Å². The molecule has 3 aromatic rings. The third kappa shape index (κ3) is 6.33. The molecule has 174 valence electrons. The SMILES string of the molecule is CCOc1ccc(NC(=O)CSc2nnc(CN3CCCCC3)n2-c2ccc(F)cc2)cc1. The fourth-order valence-electron chi connectivity index (χ4n) is 3.79. The van der Waals surface area contributed by atoms with Gasteiger partial charge in [0.25, 0.3) is 0 Å². The predicted octanol–water partition coefficient (Wildman–Crippen LogP) is 4.52. The van der Waals surface area contributed by atoms with Crippen molar-refractivity contribution in [1.29, 1.82) is 0 Å². The van der Waals surface area contributed by atoms with Gasteiger partial charge in [-0.1, -0.05) is 18.2 Å². The standard InChI is InChI=1S/C24H28FN5O2S/c1-2-32-21-12-8-19(9-13-21)26-23(31)17-33-24-28-27-22(16-29-14-4-3-5-15-29)30(24)20-10-6-18(25)7-11-20/h6-13H,2-5,14-17H2,1H3,(H,26,31). The molecule has 2 heterocycles. The number of amides is 1. The molecule has 9 heteroatoms. The van der Waals surface area contributed by atoms with Crippen LogP contribution in [-0.4, -0.2) is 51.0 Å². The number of aromatic nitrogens is 3. The van der Waals surface area contributed by atoms with E-state index in [-0.39, 0.29) is 17.5 Å². The van der Waals surface area contributed by atoms with Gasteiger partial charge in [0.1, 0.15) is 11.6 Å². The van der Waals surface area contributed by atoms with E-state index in [0.717, 1.165) is 30.4 Å². The summed E-state index contributed by atoms with van der Waals surface area (Å²) >= 11 is 1.31. The van der Waals surface area contributed by atoms with E-state index in [1.54, 1.807) is 12.1 Å². The molecule has 1 N–H and O–H groups in total. The monoisotopic (exact) mass is 469 g/mol. The van der Waals surface area contributed by atoms with Gasteiger partial charge in [-0.3, -0.25) is 14.3 Å². The Morgan fingerprint density at radius 2 is 1.79 bits per heavy atom. The van der Waals surface area contributed by atoms with Crippen molar-refractivity contribution in [3.05, 3.63) is 60.2 Å². The van der Waals surface area contributed by atoms with Crippen LogP contribution in [0, 0.1) is 5.82 Å². The summed E-state index contributed by atoms with van der Waals surface area (Å²) in [5, 5.41) is 12.3. The van der Waals surface area contributed by atoms with E-state index in [1.807, 2.05) is 35.8 Å². The first kappa shape index (κ1) is 23.3. The highest BCUT2D eigenvalue weighted by molar-refractivity contribution is 7.99. The van der Waals surface area contributed by atoms with E-state index >= 15 is 0 Å². The van der Waals surface area contributed by atoms with Crippen molar-refractivity contribution in [3.63, 3.8) is 0 Å². The van der Waals surface area contributed by atoms with Gasteiger partial charge < -0.3 is 10.1 Å². The number of nitrogens with one attached hydrogen (secondary N) is 1. The van der Waals surface area contributed by atoms with E-state index in [9.17, 15) is 9.18 Å². The van der Waals surface area contributed by atoms with Crippen molar-refractivity contribution in [1.82, 2.24) is 19.7 Å². The minimum Gasteiger partial charge on any atom is -0.494 e. The summed E-state index contributed by atoms with van der Waals surface area (Å²) in [7, 11) is 0. The minimum atomic E-state index is -0.298. The number of carbonyl (C=O) groups is 1. The van der Waals surface area contributed by atoms with Crippen LogP contribution in [0.2, 0.25) is 0 Å². The number of carbonyl (C=O) groups excluding carboxylic acids is 1. The zero-order valence-electron chi connectivity index (χ0n) is 18.7. The quantitative estimate of drug-likeness (QED) is 0.465. The number of anilines is 1. The molecule has 0 atom stereocenters. The molecule has 0 saturated carbocycles. The Hall–Kier alpha value is -2.91. The molecule has 33 heavy (non-hydrogen) atoms. The smallest absolute Gasteiger partial charge is 0.234 e. The minimum absolute atomic E-state index is 0.143. The van der Waals surface area contributed by atoms with Crippen molar-refractivity contribution >= 4 is 23.4 Å². The van der Waals surface area contributed by atoms with Gasteiger partial charge in [-0.25, -0.2) is 4.39 Å². The van der Waals surface area contributed by atoms with Crippen LogP contribution in [0.3, 0.4) is 0 Å². The lowest BCUT2D eigenvalue weighted by Gasteiger charge is -2.26. The van der Waals surface area contributed by atoms with Crippen LogP contribution in [0.1, 0.15) is 32.0 Å². The Bertz CT molecular complexity index is 1050. The van der Waals surface area contributed by atoms with Crippen LogP contribution < -0.4 is 10.1 Å². The van der Waals surface area contributed by atoms with Crippen LogP contribution >= 0.6 is 11.8 Å². The molecular formula is C24H28FN5O2S. The topological polar surface area (TPSA) is 72.3 Å². The van der Waals surface area contributed by atoms with E-state index < -0.39 is 0 Å². The maximum Gasteiger partial charge on any atom is 0.234 e. The van der Waals surface area contributed by atoms with Crippen LogP contribution in [0.25, 0.3) is 5.69 Å². The molecule has 0 unspecified atom stereocenters. The largest absolute Gasteiger partial charge is 0.494 e. The molecule has 1 amide bonds. The average Bonchev–Trinajstić information content (AvgIpc) is 3.22. The van der Waals surface area contributed by atoms with Crippen molar-refractivity contribution in [3.8, 4) is 11.4 Å². The molecule has 7 nitrogen and oxygen atoms in total. The number of piperidine rings is 1. The van der Waals surface area contributed by atoms with Gasteiger partial charge >= 0.3 is 0 Å². The molecule has 1 saturated heterocycles. The number of benzene rings is 2. The molecule has 4 rings (SSSR count). The van der Waals surface area contributed by atoms with Crippen molar-refractivity contribution in [2.24, 2.45) is 0 Å². The highest BCUT2D eigenvalue weighted by atomic mass is 32.2. The second-order valence-electron chi connectivity index (χ2n) is 7.84. The van der Waals surface area contributed by atoms with E-state index in [2.05, 4.69) is 20.4 Å². The Kier molecular flexibility index (Phi) is 7.96. The maximum absolute atomic E-state index is 13.5. The summed E-state index contributed by atoms with van der Waals surface area (Å²) in [6.45, 7) is 5.25. The van der Waals surface area contributed by atoms with Gasteiger partial charge in [0, 0.05) is 11.4 Å². The summed E-state index contributed by atoms with van der Waals surface area (Å²) in [6, 6.07) is 13.5. The Balaban J connectivity index is 1.45. The van der Waals surface area contributed by atoms with Crippen molar-refractivity contribution in [2.75, 3.05) is 30.8 Å². The average molecular weight is 470 g/mol. The van der Waals surface area contributed by atoms with E-state index in [0.29, 0.717) is 24.0 Å². The number of rotatable bonds is 9. The lowest BCUT2D eigenvalue weighted by molar-refractivity contribution is -0.113. The van der Waals surface area contributed by atoms with Gasteiger partial charge in [0.2, 0.25) is 5.91 Å². The Morgan fingerprint density at radius 1 is 1.06 bits per heavy atom. The zero-order chi connectivity index (χ0) is 23.0. The number of likely N-dealkylation sites (tertiary alicyclic amines) is 1. The van der Waals surface area contributed by atoms with Crippen LogP contribution in [0.5, 0.6) is 5.75 Å². The molecule has 2 aromatic carbocycles. The number of hydrogen-bond donors (Lipinski definition) is 1. The molecule has 0 bridgehead atoms. The lowest BCUT2D eigenvalue weighted by Crippen LogP contribution is -2.30. The number of nitrogens with zero attached hydrogens (tertiary/aromatic N) is 4. The first-order valence-electron chi connectivity index (χ1n) is 11.2. The van der Waals surface area contributed by atoms with Crippen LogP contribution in [0.15, 0.2) is 53.7 Å². The molecule has 0 aliphatic carbocycles. The molecule has 1 aliphatic heterocycles. The summed E-state index contributed by atoms with van der Waals surface area (Å²) in [6.07, 6.45) is 3.61. The Labute approximate surface area is 197 Å². The fourth-order valence-corrected chi connectivity index (χ4v) is 4.56. The molecule has 1 aliphatic rings. The Morgan fingerprint density at radius 3 is 2.48 bits per heavy atom. The summed E-state index contributed by atoms with van der Waals surface area (Å²) in [5.41, 5.74) is 1.48. The van der Waals surface area contributed by atoms with Crippen molar-refractivity contribution in [2.45, 2.75) is 37.9 Å². The zero-order valence-corrected chi connectivity index (χ0v) is 19.5. The second kappa shape index (κ2) is 11.3. The van der Waals surface area contributed by atoms with E-state index in [4.69, 9.17) is 4.74 Å². The fraction of sp³-hybridized carbons (Fsp3) is 0.375. The normalized spacial score (nSPS) is 14.2. The molecular weight excluding hydrogens is 441 g/mol. The lowest BCUT2D eigenvalue weighted by atomic mass is 10.1. The van der Waals surface area contributed by atoms with Crippen LogP contribution in [-0.2, 0) is 11.3 Å². The molecule has 1 aromatic heterocycles. The third-order valence-corrected chi connectivity index (χ3v) is 6.31.